The van der Waals surface area contributed by atoms with Crippen LogP contribution in [0.2, 0.25) is 0 Å². The van der Waals surface area contributed by atoms with Gasteiger partial charge in [0, 0.05) is 25.7 Å². The molecule has 1 aliphatic rings. The zero-order valence-electron chi connectivity index (χ0n) is 9.17. The molecular formula is C10H19ClN2O2. The molecule has 0 bridgehead atoms. The normalized spacial score (nSPS) is 22.7. The van der Waals surface area contributed by atoms with Gasteiger partial charge in [0.1, 0.15) is 5.88 Å². The maximum atomic E-state index is 10.9. The maximum Gasteiger partial charge on any atom is 0.234 e. The number of alkyl halides is 1. The average molecular weight is 235 g/mol. The second-order valence-corrected chi connectivity index (χ2v) is 3.92. The van der Waals surface area contributed by atoms with Crippen LogP contribution in [0.25, 0.3) is 0 Å². The average Bonchev–Trinajstić information content (AvgIpc) is 2.29. The van der Waals surface area contributed by atoms with Gasteiger partial charge in [-0.3, -0.25) is 9.69 Å². The number of halogens is 1. The van der Waals surface area contributed by atoms with Gasteiger partial charge in [0.25, 0.3) is 0 Å². The van der Waals surface area contributed by atoms with Crippen molar-refractivity contribution in [3.63, 3.8) is 0 Å². The van der Waals surface area contributed by atoms with Gasteiger partial charge in [-0.2, -0.15) is 0 Å². The standard InChI is InChI=1S/C10H19ClN2O2/c1-2-9-8-15-6-5-13(9)4-3-12-10(14)7-11/h9H,2-8H2,1H3,(H,12,14). The minimum Gasteiger partial charge on any atom is -0.378 e. The van der Waals surface area contributed by atoms with Gasteiger partial charge in [-0.05, 0) is 6.42 Å². The van der Waals surface area contributed by atoms with E-state index in [-0.39, 0.29) is 11.8 Å². The second kappa shape index (κ2) is 7.04. The molecule has 1 fully saturated rings. The minimum absolute atomic E-state index is 0.0420. The third-order valence-electron chi connectivity index (χ3n) is 2.66. The van der Waals surface area contributed by atoms with Crippen molar-refractivity contribution in [2.24, 2.45) is 0 Å². The van der Waals surface area contributed by atoms with Crippen LogP contribution in [-0.2, 0) is 9.53 Å². The van der Waals surface area contributed by atoms with Crippen molar-refractivity contribution in [1.29, 1.82) is 0 Å². The molecule has 0 aromatic heterocycles. The quantitative estimate of drug-likeness (QED) is 0.703. The van der Waals surface area contributed by atoms with E-state index >= 15 is 0 Å². The van der Waals surface area contributed by atoms with Gasteiger partial charge in [0.15, 0.2) is 0 Å². The van der Waals surface area contributed by atoms with Crippen LogP contribution in [0.5, 0.6) is 0 Å². The van der Waals surface area contributed by atoms with Gasteiger partial charge in [-0.15, -0.1) is 11.6 Å². The van der Waals surface area contributed by atoms with Gasteiger partial charge >= 0.3 is 0 Å². The zero-order valence-corrected chi connectivity index (χ0v) is 9.92. The molecule has 0 spiro atoms. The van der Waals surface area contributed by atoms with Gasteiger partial charge in [0.05, 0.1) is 13.2 Å². The van der Waals surface area contributed by atoms with Gasteiger partial charge in [0.2, 0.25) is 5.91 Å². The molecule has 1 saturated heterocycles. The molecule has 0 saturated carbocycles. The summed E-state index contributed by atoms with van der Waals surface area (Å²) in [4.78, 5) is 13.3. The summed E-state index contributed by atoms with van der Waals surface area (Å²) in [5, 5.41) is 2.77. The summed E-state index contributed by atoms with van der Waals surface area (Å²) in [5.74, 6) is -0.0571. The number of amides is 1. The first-order valence-corrected chi connectivity index (χ1v) is 5.95. The van der Waals surface area contributed by atoms with E-state index in [2.05, 4.69) is 17.1 Å². The largest absolute Gasteiger partial charge is 0.378 e. The van der Waals surface area contributed by atoms with Crippen molar-refractivity contribution in [2.75, 3.05) is 38.7 Å². The Bertz CT molecular complexity index is 202. The first kappa shape index (κ1) is 12.7. The fourth-order valence-corrected chi connectivity index (χ4v) is 1.84. The summed E-state index contributed by atoms with van der Waals surface area (Å²) in [6.45, 7) is 6.26. The van der Waals surface area contributed by atoms with Crippen LogP contribution < -0.4 is 5.32 Å². The topological polar surface area (TPSA) is 41.6 Å². The Kier molecular flexibility index (Phi) is 5.98. The molecule has 1 rings (SSSR count). The first-order chi connectivity index (χ1) is 7.27. The molecule has 1 N–H and O–H groups in total. The number of hydrogen-bond acceptors (Lipinski definition) is 3. The summed E-state index contributed by atoms with van der Waals surface area (Å²) in [6, 6.07) is 0.492. The highest BCUT2D eigenvalue weighted by atomic mass is 35.5. The molecule has 0 aromatic carbocycles. The molecule has 0 aromatic rings. The molecule has 88 valence electrons. The molecule has 5 heteroatoms. The SMILES string of the molecule is CCC1COCCN1CCNC(=O)CCl. The lowest BCUT2D eigenvalue weighted by atomic mass is 10.2. The number of carbonyl (C=O) groups excluding carboxylic acids is 1. The van der Waals surface area contributed by atoms with Crippen LogP contribution in [-0.4, -0.2) is 55.6 Å². The Hall–Kier alpha value is -0.320. The van der Waals surface area contributed by atoms with Crippen LogP contribution in [0.3, 0.4) is 0 Å². The fourth-order valence-electron chi connectivity index (χ4n) is 1.75. The predicted molar refractivity (Wildman–Crippen MR) is 60.2 cm³/mol. The molecule has 15 heavy (non-hydrogen) atoms. The Morgan fingerprint density at radius 2 is 2.47 bits per heavy atom. The molecule has 1 amide bonds. The van der Waals surface area contributed by atoms with E-state index < -0.39 is 0 Å². The monoisotopic (exact) mass is 234 g/mol. The van der Waals surface area contributed by atoms with E-state index in [1.807, 2.05) is 0 Å². The highest BCUT2D eigenvalue weighted by Gasteiger charge is 2.20. The maximum absolute atomic E-state index is 10.9. The third kappa shape index (κ3) is 4.36. The molecule has 1 aliphatic heterocycles. The summed E-state index contributed by atoms with van der Waals surface area (Å²) < 4.78 is 5.40. The van der Waals surface area contributed by atoms with E-state index in [0.717, 1.165) is 32.7 Å². The smallest absolute Gasteiger partial charge is 0.234 e. The van der Waals surface area contributed by atoms with Crippen LogP contribution >= 0.6 is 11.6 Å². The minimum atomic E-state index is -0.0991. The van der Waals surface area contributed by atoms with Gasteiger partial charge < -0.3 is 10.1 Å². The number of morpholine rings is 1. The third-order valence-corrected chi connectivity index (χ3v) is 2.91. The van der Waals surface area contributed by atoms with Crippen molar-refractivity contribution < 1.29 is 9.53 Å². The lowest BCUT2D eigenvalue weighted by Gasteiger charge is -2.34. The predicted octanol–water partition coefficient (Wildman–Crippen LogP) is 0.452. The second-order valence-electron chi connectivity index (χ2n) is 3.66. The fraction of sp³-hybridized carbons (Fsp3) is 0.900. The van der Waals surface area contributed by atoms with Crippen LogP contribution in [0.4, 0.5) is 0 Å². The summed E-state index contributed by atoms with van der Waals surface area (Å²) in [7, 11) is 0. The molecule has 1 heterocycles. The van der Waals surface area contributed by atoms with Crippen LogP contribution in [0.1, 0.15) is 13.3 Å². The van der Waals surface area contributed by atoms with E-state index in [1.165, 1.54) is 0 Å². The van der Waals surface area contributed by atoms with Gasteiger partial charge in [-0.1, -0.05) is 6.92 Å². The first-order valence-electron chi connectivity index (χ1n) is 5.42. The van der Waals surface area contributed by atoms with Crippen molar-refractivity contribution >= 4 is 17.5 Å². The molecule has 1 unspecified atom stereocenters. The van der Waals surface area contributed by atoms with E-state index in [4.69, 9.17) is 16.3 Å². The number of nitrogens with one attached hydrogen (secondary N) is 1. The lowest BCUT2D eigenvalue weighted by molar-refractivity contribution is -0.118. The molecule has 4 nitrogen and oxygen atoms in total. The van der Waals surface area contributed by atoms with Gasteiger partial charge in [-0.25, -0.2) is 0 Å². The number of ether oxygens (including phenoxy) is 1. The zero-order chi connectivity index (χ0) is 11.1. The van der Waals surface area contributed by atoms with Crippen molar-refractivity contribution in [1.82, 2.24) is 10.2 Å². The van der Waals surface area contributed by atoms with E-state index in [0.29, 0.717) is 12.6 Å². The molecular weight excluding hydrogens is 216 g/mol. The van der Waals surface area contributed by atoms with Crippen molar-refractivity contribution in [3.8, 4) is 0 Å². The Balaban J connectivity index is 2.20. The lowest BCUT2D eigenvalue weighted by Crippen LogP contribution is -2.48. The summed E-state index contributed by atoms with van der Waals surface area (Å²) >= 11 is 5.38. The van der Waals surface area contributed by atoms with Crippen LogP contribution in [0, 0.1) is 0 Å². The van der Waals surface area contributed by atoms with Crippen LogP contribution in [0.15, 0.2) is 0 Å². The number of carbonyl (C=O) groups is 1. The highest BCUT2D eigenvalue weighted by Crippen LogP contribution is 2.08. The van der Waals surface area contributed by atoms with Crippen molar-refractivity contribution in [3.05, 3.63) is 0 Å². The Morgan fingerprint density at radius 1 is 1.67 bits per heavy atom. The Labute approximate surface area is 95.9 Å². The summed E-state index contributed by atoms with van der Waals surface area (Å²) in [6.07, 6.45) is 1.09. The molecule has 0 aliphatic carbocycles. The summed E-state index contributed by atoms with van der Waals surface area (Å²) in [5.41, 5.74) is 0. The van der Waals surface area contributed by atoms with E-state index in [1.54, 1.807) is 0 Å². The molecule has 1 atom stereocenters. The Morgan fingerprint density at radius 3 is 3.13 bits per heavy atom. The number of hydrogen-bond donors (Lipinski definition) is 1. The van der Waals surface area contributed by atoms with Crippen molar-refractivity contribution in [2.45, 2.75) is 19.4 Å². The number of rotatable bonds is 5. The van der Waals surface area contributed by atoms with E-state index in [9.17, 15) is 4.79 Å². The molecule has 0 radical (unpaired) electrons. The number of nitrogens with zero attached hydrogens (tertiary/aromatic N) is 1. The highest BCUT2D eigenvalue weighted by molar-refractivity contribution is 6.27.